The largest absolute Gasteiger partial charge is 0.378 e. The monoisotopic (exact) mass is 453 g/mol. The van der Waals surface area contributed by atoms with Gasteiger partial charge >= 0.3 is 0 Å². The molecule has 29 heavy (non-hydrogen) atoms. The van der Waals surface area contributed by atoms with Gasteiger partial charge in [0.2, 0.25) is 5.91 Å². The molecule has 2 aromatic carbocycles. The second-order valence-electron chi connectivity index (χ2n) is 8.87. The number of hydrogen-bond donors (Lipinski definition) is 1. The van der Waals surface area contributed by atoms with Crippen LogP contribution in [0.5, 0.6) is 0 Å². The minimum absolute atomic E-state index is 0.0544. The summed E-state index contributed by atoms with van der Waals surface area (Å²) in [5, 5.41) is 3.37. The maximum absolute atomic E-state index is 12.8. The normalized spacial score (nSPS) is 25.0. The fourth-order valence-electron chi connectivity index (χ4n) is 4.55. The minimum Gasteiger partial charge on any atom is -0.378 e. The lowest BCUT2D eigenvalue weighted by atomic mass is 9.74. The van der Waals surface area contributed by atoms with E-state index in [2.05, 4.69) is 99.5 Å². The van der Waals surface area contributed by atoms with Gasteiger partial charge in [-0.2, -0.15) is 0 Å². The highest BCUT2D eigenvalue weighted by Crippen LogP contribution is 2.53. The van der Waals surface area contributed by atoms with E-state index in [1.165, 1.54) is 16.9 Å². The smallest absolute Gasteiger partial charge is 0.226 e. The lowest BCUT2D eigenvalue weighted by Crippen LogP contribution is -2.70. The van der Waals surface area contributed by atoms with Crippen LogP contribution in [0.4, 0.5) is 11.4 Å². The zero-order chi connectivity index (χ0) is 21.0. The molecular weight excluding hydrogens is 426 g/mol. The highest BCUT2D eigenvalue weighted by Gasteiger charge is 2.59. The van der Waals surface area contributed by atoms with Crippen LogP contribution in [0.3, 0.4) is 0 Å². The number of carbonyl (C=O) groups is 1. The summed E-state index contributed by atoms with van der Waals surface area (Å²) in [6.45, 7) is 7.13. The molecule has 0 aliphatic carbocycles. The van der Waals surface area contributed by atoms with Crippen molar-refractivity contribution in [2.75, 3.05) is 30.4 Å². The number of amides is 1. The zero-order valence-corrected chi connectivity index (χ0v) is 19.2. The highest BCUT2D eigenvalue weighted by atomic mass is 79.9. The molecule has 2 aliphatic rings. The zero-order valence-electron chi connectivity index (χ0n) is 17.7. The molecule has 1 saturated heterocycles. The number of rotatable bonds is 3. The Hall–Kier alpha value is -2.27. The summed E-state index contributed by atoms with van der Waals surface area (Å²) in [6.07, 6.45) is 4.31. The summed E-state index contributed by atoms with van der Waals surface area (Å²) >= 11 is 3.62. The predicted molar refractivity (Wildman–Crippen MR) is 124 cm³/mol. The van der Waals surface area contributed by atoms with Crippen molar-refractivity contribution in [2.45, 2.75) is 31.8 Å². The Labute approximate surface area is 181 Å². The molecule has 0 bridgehead atoms. The van der Waals surface area contributed by atoms with E-state index in [0.717, 1.165) is 10.0 Å². The van der Waals surface area contributed by atoms with E-state index in [4.69, 9.17) is 0 Å². The van der Waals surface area contributed by atoms with Crippen LogP contribution in [-0.2, 0) is 10.2 Å². The van der Waals surface area contributed by atoms with E-state index in [1.54, 1.807) is 0 Å². The van der Waals surface area contributed by atoms with Crippen LogP contribution in [0.15, 0.2) is 53.0 Å². The van der Waals surface area contributed by atoms with Crippen molar-refractivity contribution < 1.29 is 4.79 Å². The number of halogens is 1. The van der Waals surface area contributed by atoms with Crippen molar-refractivity contribution in [1.82, 2.24) is 5.32 Å². The molecule has 1 amide bonds. The van der Waals surface area contributed by atoms with Crippen molar-refractivity contribution >= 4 is 39.3 Å². The molecule has 1 N–H and O–H groups in total. The predicted octanol–water partition coefficient (Wildman–Crippen LogP) is 4.79. The fraction of sp³-hybridized carbons (Fsp3) is 0.375. The lowest BCUT2D eigenvalue weighted by molar-refractivity contribution is -0.128. The third-order valence-corrected chi connectivity index (χ3v) is 6.94. The molecule has 5 heteroatoms. The van der Waals surface area contributed by atoms with Crippen molar-refractivity contribution in [3.05, 3.63) is 64.1 Å². The maximum Gasteiger partial charge on any atom is 0.226 e. The standard InChI is InChI=1S/C24H28BrN3O/c1-16-15-28-21-11-8-18(25)14-20(21)23(2,3)24(28,26-22(16)29)13-12-17-6-9-19(10-7-17)27(4)5/h6-14,16H,15H2,1-5H3,(H,26,29)/b13-12+. The topological polar surface area (TPSA) is 35.6 Å². The van der Waals surface area contributed by atoms with Crippen LogP contribution in [-0.4, -0.2) is 32.2 Å². The van der Waals surface area contributed by atoms with E-state index >= 15 is 0 Å². The Morgan fingerprint density at radius 2 is 1.86 bits per heavy atom. The third kappa shape index (κ3) is 3.07. The van der Waals surface area contributed by atoms with Crippen molar-refractivity contribution in [3.63, 3.8) is 0 Å². The number of carbonyl (C=O) groups excluding carboxylic acids is 1. The summed E-state index contributed by atoms with van der Waals surface area (Å²) in [5.74, 6) is 0.0510. The molecule has 2 aromatic rings. The average molecular weight is 454 g/mol. The Morgan fingerprint density at radius 1 is 1.17 bits per heavy atom. The molecule has 2 heterocycles. The Kier molecular flexibility index (Phi) is 4.77. The minimum atomic E-state index is -0.597. The highest BCUT2D eigenvalue weighted by molar-refractivity contribution is 9.10. The van der Waals surface area contributed by atoms with Gasteiger partial charge in [0, 0.05) is 41.9 Å². The van der Waals surface area contributed by atoms with Gasteiger partial charge in [-0.15, -0.1) is 0 Å². The number of benzene rings is 2. The first kappa shape index (κ1) is 20.0. The van der Waals surface area contributed by atoms with Crippen LogP contribution in [0, 0.1) is 5.92 Å². The summed E-state index contributed by atoms with van der Waals surface area (Å²) < 4.78 is 1.06. The molecule has 0 saturated carbocycles. The first-order valence-corrected chi connectivity index (χ1v) is 10.8. The van der Waals surface area contributed by atoms with Gasteiger partial charge in [0.25, 0.3) is 0 Å². The van der Waals surface area contributed by atoms with Crippen LogP contribution >= 0.6 is 15.9 Å². The Morgan fingerprint density at radius 3 is 2.52 bits per heavy atom. The summed E-state index contributed by atoms with van der Waals surface area (Å²) in [4.78, 5) is 17.2. The molecule has 0 aromatic heterocycles. The molecule has 152 valence electrons. The van der Waals surface area contributed by atoms with Gasteiger partial charge in [0.15, 0.2) is 0 Å². The summed E-state index contributed by atoms with van der Waals surface area (Å²) in [6, 6.07) is 14.9. The third-order valence-electron chi connectivity index (χ3n) is 6.45. The number of nitrogens with one attached hydrogen (secondary N) is 1. The van der Waals surface area contributed by atoms with Crippen LogP contribution in [0.2, 0.25) is 0 Å². The second-order valence-corrected chi connectivity index (χ2v) is 9.79. The van der Waals surface area contributed by atoms with Crippen molar-refractivity contribution in [3.8, 4) is 0 Å². The first-order valence-electron chi connectivity index (χ1n) is 10.0. The Bertz CT molecular complexity index is 980. The molecule has 0 radical (unpaired) electrons. The molecule has 0 spiro atoms. The summed E-state index contributed by atoms with van der Waals surface area (Å²) in [7, 11) is 4.08. The number of hydrogen-bond acceptors (Lipinski definition) is 3. The quantitative estimate of drug-likeness (QED) is 0.725. The number of anilines is 2. The average Bonchev–Trinajstić information content (AvgIpc) is 2.85. The van der Waals surface area contributed by atoms with E-state index in [-0.39, 0.29) is 17.2 Å². The van der Waals surface area contributed by atoms with Crippen molar-refractivity contribution in [1.29, 1.82) is 0 Å². The molecule has 2 unspecified atom stereocenters. The van der Waals surface area contributed by atoms with Gasteiger partial charge in [0.05, 0.1) is 5.92 Å². The molecule has 1 fully saturated rings. The molecule has 2 atom stereocenters. The second kappa shape index (κ2) is 6.91. The van der Waals surface area contributed by atoms with E-state index in [9.17, 15) is 4.79 Å². The van der Waals surface area contributed by atoms with Gasteiger partial charge in [-0.1, -0.05) is 54.9 Å². The lowest BCUT2D eigenvalue weighted by Gasteiger charge is -2.50. The van der Waals surface area contributed by atoms with Crippen LogP contribution in [0.25, 0.3) is 6.08 Å². The maximum atomic E-state index is 12.8. The fourth-order valence-corrected chi connectivity index (χ4v) is 4.91. The van der Waals surface area contributed by atoms with E-state index < -0.39 is 5.66 Å². The van der Waals surface area contributed by atoms with E-state index in [0.29, 0.717) is 6.54 Å². The summed E-state index contributed by atoms with van der Waals surface area (Å²) in [5.41, 5.74) is 3.83. The van der Waals surface area contributed by atoms with Gasteiger partial charge in [-0.25, -0.2) is 0 Å². The molecule has 2 aliphatic heterocycles. The van der Waals surface area contributed by atoms with Gasteiger partial charge < -0.3 is 15.1 Å². The molecule has 4 rings (SSSR count). The molecular formula is C24H28BrN3O. The van der Waals surface area contributed by atoms with Crippen LogP contribution in [0.1, 0.15) is 31.9 Å². The first-order chi connectivity index (χ1) is 13.7. The van der Waals surface area contributed by atoms with Crippen molar-refractivity contribution in [2.24, 2.45) is 5.92 Å². The van der Waals surface area contributed by atoms with E-state index in [1.807, 2.05) is 21.0 Å². The number of nitrogens with zero attached hydrogens (tertiary/aromatic N) is 2. The van der Waals surface area contributed by atoms with Gasteiger partial charge in [-0.3, -0.25) is 4.79 Å². The van der Waals surface area contributed by atoms with Gasteiger partial charge in [-0.05, 0) is 47.5 Å². The van der Waals surface area contributed by atoms with Gasteiger partial charge in [0.1, 0.15) is 5.66 Å². The molecule has 4 nitrogen and oxygen atoms in total. The SMILES string of the molecule is CC1CN2c3ccc(Br)cc3C(C)(C)C2(/C=C/c2ccc(N(C)C)cc2)NC1=O. The number of fused-ring (bicyclic) bond motifs is 3. The Balaban J connectivity index is 1.80. The van der Waals surface area contributed by atoms with Crippen LogP contribution < -0.4 is 15.1 Å².